The molecule has 0 aliphatic heterocycles. The van der Waals surface area contributed by atoms with Gasteiger partial charge in [0.15, 0.2) is 11.5 Å². The highest BCUT2D eigenvalue weighted by Crippen LogP contribution is 2.25. The molecule has 18 heavy (non-hydrogen) atoms. The number of aromatic nitrogens is 1. The number of phenols is 2. The van der Waals surface area contributed by atoms with Crippen molar-refractivity contribution in [3.8, 4) is 11.5 Å². The summed E-state index contributed by atoms with van der Waals surface area (Å²) in [5, 5.41) is 25.1. The fraction of sp³-hybridized carbons (Fsp3) is 0.308. The highest BCUT2D eigenvalue weighted by molar-refractivity contribution is 7.09. The zero-order valence-corrected chi connectivity index (χ0v) is 10.9. The second-order valence-corrected chi connectivity index (χ2v) is 4.96. The molecule has 1 aromatic heterocycles. The number of phenolic OH excluding ortho intramolecular Hbond substituents is 2. The predicted molar refractivity (Wildman–Crippen MR) is 71.8 cm³/mol. The first-order valence-electron chi connectivity index (χ1n) is 5.84. The molecule has 1 heterocycles. The Hall–Kier alpha value is -1.59. The van der Waals surface area contributed by atoms with Gasteiger partial charge < -0.3 is 15.5 Å². The predicted octanol–water partition coefficient (Wildman–Crippen LogP) is 2.80. The first kappa shape index (κ1) is 12.9. The Labute approximate surface area is 110 Å². The third kappa shape index (κ3) is 3.00. The van der Waals surface area contributed by atoms with Crippen LogP contribution in [-0.2, 0) is 6.54 Å². The minimum atomic E-state index is -0.0919. The van der Waals surface area contributed by atoms with E-state index in [4.69, 9.17) is 0 Å². The largest absolute Gasteiger partial charge is 0.504 e. The van der Waals surface area contributed by atoms with Gasteiger partial charge in [-0.15, -0.1) is 11.3 Å². The molecule has 1 atom stereocenters. The lowest BCUT2D eigenvalue weighted by atomic mass is 10.1. The third-order valence-electron chi connectivity index (χ3n) is 2.75. The zero-order valence-electron chi connectivity index (χ0n) is 10.1. The maximum absolute atomic E-state index is 9.42. The van der Waals surface area contributed by atoms with Crippen molar-refractivity contribution in [2.24, 2.45) is 0 Å². The summed E-state index contributed by atoms with van der Waals surface area (Å²) in [6.07, 6.45) is 2.76. The van der Waals surface area contributed by atoms with Crippen LogP contribution in [0.2, 0.25) is 0 Å². The molecule has 5 heteroatoms. The monoisotopic (exact) mass is 264 g/mol. The van der Waals surface area contributed by atoms with E-state index in [2.05, 4.69) is 17.2 Å². The van der Waals surface area contributed by atoms with Crippen LogP contribution in [0.3, 0.4) is 0 Å². The molecule has 0 saturated carbocycles. The highest BCUT2D eigenvalue weighted by atomic mass is 32.1. The first-order valence-corrected chi connectivity index (χ1v) is 6.72. The zero-order chi connectivity index (χ0) is 13.0. The quantitative estimate of drug-likeness (QED) is 0.727. The van der Waals surface area contributed by atoms with Gasteiger partial charge >= 0.3 is 0 Å². The van der Waals surface area contributed by atoms with Gasteiger partial charge in [-0.2, -0.15) is 0 Å². The topological polar surface area (TPSA) is 65.4 Å². The average Bonchev–Trinajstić information content (AvgIpc) is 2.88. The van der Waals surface area contributed by atoms with Crippen molar-refractivity contribution in [1.29, 1.82) is 0 Å². The highest BCUT2D eigenvalue weighted by Gasteiger charge is 2.11. The minimum Gasteiger partial charge on any atom is -0.504 e. The molecule has 0 radical (unpaired) electrons. The lowest BCUT2D eigenvalue weighted by molar-refractivity contribution is 0.402. The molecular weight excluding hydrogens is 248 g/mol. The number of thiazole rings is 1. The minimum absolute atomic E-state index is 0.0865. The van der Waals surface area contributed by atoms with Gasteiger partial charge in [-0.25, -0.2) is 4.98 Å². The standard InChI is InChI=1S/C13H16N2O2S/c1-2-10(13-14-5-6-18-13)15-8-9-3-4-11(16)12(17)7-9/h3-7,10,15-17H,2,8H2,1H3. The second kappa shape index (κ2) is 5.84. The number of hydrogen-bond acceptors (Lipinski definition) is 5. The molecular formula is C13H16N2O2S. The Morgan fingerprint density at radius 3 is 2.78 bits per heavy atom. The summed E-state index contributed by atoms with van der Waals surface area (Å²) in [6.45, 7) is 2.74. The van der Waals surface area contributed by atoms with E-state index in [0.717, 1.165) is 17.0 Å². The fourth-order valence-electron chi connectivity index (χ4n) is 1.73. The number of aromatic hydroxyl groups is 2. The van der Waals surface area contributed by atoms with Crippen molar-refractivity contribution in [3.05, 3.63) is 40.3 Å². The Morgan fingerprint density at radius 2 is 2.17 bits per heavy atom. The summed E-state index contributed by atoms with van der Waals surface area (Å²) >= 11 is 1.63. The van der Waals surface area contributed by atoms with E-state index < -0.39 is 0 Å². The Balaban J connectivity index is 1.99. The maximum atomic E-state index is 9.42. The molecule has 0 spiro atoms. The van der Waals surface area contributed by atoms with Crippen LogP contribution in [0.4, 0.5) is 0 Å². The molecule has 3 N–H and O–H groups in total. The third-order valence-corrected chi connectivity index (χ3v) is 3.64. The van der Waals surface area contributed by atoms with E-state index in [1.54, 1.807) is 29.7 Å². The average molecular weight is 264 g/mol. The van der Waals surface area contributed by atoms with E-state index in [9.17, 15) is 10.2 Å². The van der Waals surface area contributed by atoms with Crippen LogP contribution in [0.15, 0.2) is 29.8 Å². The SMILES string of the molecule is CCC(NCc1ccc(O)c(O)c1)c1nccs1. The van der Waals surface area contributed by atoms with Crippen LogP contribution < -0.4 is 5.32 Å². The number of hydrogen-bond donors (Lipinski definition) is 3. The van der Waals surface area contributed by atoms with Gasteiger partial charge in [0.2, 0.25) is 0 Å². The summed E-state index contributed by atoms with van der Waals surface area (Å²) in [7, 11) is 0. The van der Waals surface area contributed by atoms with Gasteiger partial charge in [-0.05, 0) is 24.1 Å². The van der Waals surface area contributed by atoms with Gasteiger partial charge in [-0.1, -0.05) is 13.0 Å². The van der Waals surface area contributed by atoms with Gasteiger partial charge in [0, 0.05) is 18.1 Å². The molecule has 0 amide bonds. The summed E-state index contributed by atoms with van der Waals surface area (Å²) in [5.41, 5.74) is 0.931. The molecule has 0 saturated heterocycles. The van der Waals surface area contributed by atoms with Crippen LogP contribution in [0, 0.1) is 0 Å². The van der Waals surface area contributed by atoms with Gasteiger partial charge in [0.1, 0.15) is 5.01 Å². The smallest absolute Gasteiger partial charge is 0.157 e. The molecule has 2 aromatic rings. The summed E-state index contributed by atoms with van der Waals surface area (Å²) < 4.78 is 0. The van der Waals surface area contributed by atoms with Gasteiger partial charge in [0.05, 0.1) is 6.04 Å². The Morgan fingerprint density at radius 1 is 1.33 bits per heavy atom. The van der Waals surface area contributed by atoms with Crippen molar-refractivity contribution in [2.45, 2.75) is 25.9 Å². The first-order chi connectivity index (χ1) is 8.70. The molecule has 96 valence electrons. The van der Waals surface area contributed by atoms with Crippen molar-refractivity contribution < 1.29 is 10.2 Å². The van der Waals surface area contributed by atoms with Crippen LogP contribution in [0.25, 0.3) is 0 Å². The van der Waals surface area contributed by atoms with Crippen LogP contribution in [-0.4, -0.2) is 15.2 Å². The van der Waals surface area contributed by atoms with Crippen LogP contribution in [0.1, 0.15) is 30.0 Å². The van der Waals surface area contributed by atoms with Crippen molar-refractivity contribution in [3.63, 3.8) is 0 Å². The van der Waals surface area contributed by atoms with E-state index in [1.807, 2.05) is 5.38 Å². The second-order valence-electron chi connectivity index (χ2n) is 4.04. The summed E-state index contributed by atoms with van der Waals surface area (Å²) in [6, 6.07) is 5.07. The van der Waals surface area contributed by atoms with Crippen molar-refractivity contribution >= 4 is 11.3 Å². The fourth-order valence-corrected chi connectivity index (χ4v) is 2.53. The molecule has 0 fully saturated rings. The molecule has 4 nitrogen and oxygen atoms in total. The van der Waals surface area contributed by atoms with Crippen LogP contribution >= 0.6 is 11.3 Å². The lowest BCUT2D eigenvalue weighted by Crippen LogP contribution is -2.20. The Bertz CT molecular complexity index is 500. The van der Waals surface area contributed by atoms with Crippen LogP contribution in [0.5, 0.6) is 11.5 Å². The number of nitrogens with zero attached hydrogens (tertiary/aromatic N) is 1. The molecule has 0 aliphatic carbocycles. The number of nitrogens with one attached hydrogen (secondary N) is 1. The number of rotatable bonds is 5. The molecule has 0 bridgehead atoms. The van der Waals surface area contributed by atoms with E-state index in [-0.39, 0.29) is 17.5 Å². The Kier molecular flexibility index (Phi) is 4.17. The van der Waals surface area contributed by atoms with E-state index in [1.165, 1.54) is 6.07 Å². The summed E-state index contributed by atoms with van der Waals surface area (Å²) in [5.74, 6) is -0.178. The lowest BCUT2D eigenvalue weighted by Gasteiger charge is -2.14. The summed E-state index contributed by atoms with van der Waals surface area (Å²) in [4.78, 5) is 4.30. The number of benzene rings is 1. The molecule has 0 aliphatic rings. The molecule has 1 aromatic carbocycles. The maximum Gasteiger partial charge on any atom is 0.157 e. The van der Waals surface area contributed by atoms with Crippen molar-refractivity contribution in [2.75, 3.05) is 0 Å². The van der Waals surface area contributed by atoms with Gasteiger partial charge in [-0.3, -0.25) is 0 Å². The molecule has 1 unspecified atom stereocenters. The normalized spacial score (nSPS) is 12.5. The van der Waals surface area contributed by atoms with Gasteiger partial charge in [0.25, 0.3) is 0 Å². The van der Waals surface area contributed by atoms with Crippen molar-refractivity contribution in [1.82, 2.24) is 10.3 Å². The molecule has 2 rings (SSSR count). The van der Waals surface area contributed by atoms with E-state index in [0.29, 0.717) is 6.54 Å². The van der Waals surface area contributed by atoms with E-state index >= 15 is 0 Å².